The highest BCUT2D eigenvalue weighted by molar-refractivity contribution is 5.83. The molecule has 0 aliphatic rings. The maximum absolute atomic E-state index is 11.6. The second kappa shape index (κ2) is 5.35. The minimum Gasteiger partial charge on any atom is -0.435 e. The van der Waals surface area contributed by atoms with E-state index < -0.39 is 29.1 Å². The van der Waals surface area contributed by atoms with Gasteiger partial charge in [-0.2, -0.15) is 0 Å². The molecule has 0 aromatic carbocycles. The number of hydrazine groups is 1. The van der Waals surface area contributed by atoms with Crippen molar-refractivity contribution in [3.63, 3.8) is 0 Å². The maximum atomic E-state index is 11.6. The highest BCUT2D eigenvalue weighted by Gasteiger charge is 2.35. The van der Waals surface area contributed by atoms with Crippen molar-refractivity contribution in [1.82, 2.24) is 10.7 Å². The van der Waals surface area contributed by atoms with Crippen LogP contribution in [0.5, 0.6) is 0 Å². The van der Waals surface area contributed by atoms with Gasteiger partial charge in [-0.15, -0.1) is 0 Å². The zero-order valence-electron chi connectivity index (χ0n) is 11.4. The van der Waals surface area contributed by atoms with E-state index in [-0.39, 0.29) is 0 Å². The summed E-state index contributed by atoms with van der Waals surface area (Å²) in [5, 5.41) is 2.62. The second-order valence-corrected chi connectivity index (χ2v) is 6.03. The van der Waals surface area contributed by atoms with Gasteiger partial charge in [-0.1, -0.05) is 20.8 Å². The summed E-state index contributed by atoms with van der Waals surface area (Å²) in [6.07, 6.45) is -1.57. The molecule has 0 unspecified atom stereocenters. The lowest BCUT2D eigenvalue weighted by Gasteiger charge is -2.30. The molecule has 0 saturated heterocycles. The molecule has 0 rings (SSSR count). The summed E-state index contributed by atoms with van der Waals surface area (Å²) >= 11 is 0. The molecule has 0 fully saturated rings. The van der Waals surface area contributed by atoms with Crippen molar-refractivity contribution in [2.75, 3.05) is 0 Å². The van der Waals surface area contributed by atoms with Gasteiger partial charge in [0, 0.05) is 11.0 Å². The average Bonchev–Trinajstić information content (AvgIpc) is 2.08. The van der Waals surface area contributed by atoms with Gasteiger partial charge in [-0.3, -0.25) is 10.2 Å². The Kier molecular flexibility index (Phi) is 4.94. The Bertz CT molecular complexity index is 289. The lowest BCUT2D eigenvalue weighted by molar-refractivity contribution is -0.135. The van der Waals surface area contributed by atoms with Crippen LogP contribution in [-0.2, 0) is 9.53 Å². The molecule has 0 aromatic rings. The third-order valence-corrected chi connectivity index (χ3v) is 1.87. The van der Waals surface area contributed by atoms with E-state index in [1.807, 2.05) is 26.2 Å². The molecular formula is C11H23N3O3. The van der Waals surface area contributed by atoms with Crippen molar-refractivity contribution in [3.05, 3.63) is 0 Å². The number of carbonyl (C=O) groups is 2. The molecular weight excluding hydrogens is 222 g/mol. The normalized spacial score (nSPS) is 13.8. The first kappa shape index (κ1) is 15.7. The molecule has 0 aliphatic carbocycles. The average molecular weight is 245 g/mol. The van der Waals surface area contributed by atoms with Crippen LogP contribution in [0, 0.1) is 5.41 Å². The molecule has 0 aliphatic heterocycles. The van der Waals surface area contributed by atoms with E-state index in [4.69, 9.17) is 10.6 Å². The maximum Gasteiger partial charge on any atom is 0.408 e. The third kappa shape index (κ3) is 6.11. The van der Waals surface area contributed by atoms with E-state index in [0.29, 0.717) is 0 Å². The largest absolute Gasteiger partial charge is 0.435 e. The van der Waals surface area contributed by atoms with E-state index in [0.717, 1.165) is 0 Å². The Morgan fingerprint density at radius 1 is 1.12 bits per heavy atom. The van der Waals surface area contributed by atoms with E-state index >= 15 is 0 Å². The van der Waals surface area contributed by atoms with Crippen LogP contribution in [0.15, 0.2) is 0 Å². The molecule has 6 nitrogen and oxygen atoms in total. The monoisotopic (exact) mass is 245 g/mol. The molecule has 0 spiro atoms. The van der Waals surface area contributed by atoms with Crippen LogP contribution in [0.2, 0.25) is 0 Å². The first-order valence-corrected chi connectivity index (χ1v) is 5.46. The highest BCUT2D eigenvalue weighted by Crippen LogP contribution is 2.22. The minimum atomic E-state index is -0.935. The van der Waals surface area contributed by atoms with Crippen molar-refractivity contribution >= 4 is 12.0 Å². The molecule has 100 valence electrons. The molecule has 0 radical (unpaired) electrons. The number of ether oxygens (including phenoxy) is 1. The zero-order chi connectivity index (χ0) is 13.9. The number of rotatable bonds is 2. The second-order valence-electron chi connectivity index (χ2n) is 6.03. The van der Waals surface area contributed by atoms with Gasteiger partial charge < -0.3 is 10.1 Å². The number of carbonyl (C=O) groups excluding carboxylic acids is 2. The molecule has 6 heteroatoms. The Labute approximate surface area is 102 Å². The number of alkyl carbamates (subject to hydrolysis) is 1. The van der Waals surface area contributed by atoms with Gasteiger partial charge in [-0.25, -0.2) is 10.6 Å². The fraction of sp³-hybridized carbons (Fsp3) is 0.818. The number of hydrogen-bond acceptors (Lipinski definition) is 4. The molecule has 4 N–H and O–H groups in total. The summed E-state index contributed by atoms with van der Waals surface area (Å²) in [4.78, 5) is 23.1. The van der Waals surface area contributed by atoms with Crippen LogP contribution in [0.25, 0.3) is 0 Å². The van der Waals surface area contributed by atoms with Gasteiger partial charge in [0.15, 0.2) is 6.10 Å². The van der Waals surface area contributed by atoms with Gasteiger partial charge in [0.25, 0.3) is 5.91 Å². The summed E-state index contributed by atoms with van der Waals surface area (Å²) in [6, 6.07) is 0. The molecule has 17 heavy (non-hydrogen) atoms. The predicted octanol–water partition coefficient (Wildman–Crippen LogP) is 0.916. The molecule has 0 heterocycles. The lowest BCUT2D eigenvalue weighted by Crippen LogP contribution is -2.51. The van der Waals surface area contributed by atoms with Crippen molar-refractivity contribution in [3.8, 4) is 0 Å². The SMILES string of the molecule is CC(C)(C)NC(=O)O[C@H](C(=O)NN)C(C)(C)C. The van der Waals surface area contributed by atoms with E-state index in [1.165, 1.54) is 0 Å². The number of nitrogens with two attached hydrogens (primary N) is 1. The van der Waals surface area contributed by atoms with Crippen molar-refractivity contribution in [2.24, 2.45) is 11.3 Å². The number of amides is 2. The Balaban J connectivity index is 4.67. The lowest BCUT2D eigenvalue weighted by atomic mass is 9.88. The Morgan fingerprint density at radius 3 is 1.88 bits per heavy atom. The van der Waals surface area contributed by atoms with Crippen LogP contribution in [0.3, 0.4) is 0 Å². The molecule has 0 aromatic heterocycles. The summed E-state index contributed by atoms with van der Waals surface area (Å²) in [6.45, 7) is 10.8. The third-order valence-electron chi connectivity index (χ3n) is 1.87. The van der Waals surface area contributed by atoms with Gasteiger partial charge in [0.1, 0.15) is 0 Å². The summed E-state index contributed by atoms with van der Waals surface area (Å²) < 4.78 is 5.10. The fourth-order valence-corrected chi connectivity index (χ4v) is 1.14. The zero-order valence-corrected chi connectivity index (χ0v) is 11.4. The van der Waals surface area contributed by atoms with Crippen LogP contribution in [0.1, 0.15) is 41.5 Å². The topological polar surface area (TPSA) is 93.4 Å². The molecule has 0 saturated carbocycles. The Hall–Kier alpha value is -1.30. The predicted molar refractivity (Wildman–Crippen MR) is 64.9 cm³/mol. The van der Waals surface area contributed by atoms with Crippen LogP contribution in [0.4, 0.5) is 4.79 Å². The van der Waals surface area contributed by atoms with Crippen LogP contribution < -0.4 is 16.6 Å². The summed E-state index contributed by atoms with van der Waals surface area (Å²) in [7, 11) is 0. The number of hydrogen-bond donors (Lipinski definition) is 3. The van der Waals surface area contributed by atoms with Crippen molar-refractivity contribution < 1.29 is 14.3 Å². The smallest absolute Gasteiger partial charge is 0.408 e. The van der Waals surface area contributed by atoms with Gasteiger partial charge in [0.05, 0.1) is 0 Å². The molecule has 2 amide bonds. The van der Waals surface area contributed by atoms with Gasteiger partial charge >= 0.3 is 6.09 Å². The molecule has 1 atom stereocenters. The number of nitrogens with one attached hydrogen (secondary N) is 2. The van der Waals surface area contributed by atoms with Crippen LogP contribution >= 0.6 is 0 Å². The van der Waals surface area contributed by atoms with E-state index in [1.54, 1.807) is 20.8 Å². The summed E-state index contributed by atoms with van der Waals surface area (Å²) in [5.41, 5.74) is 1.05. The standard InChI is InChI=1S/C11H23N3O3/c1-10(2,3)7(8(15)14-12)17-9(16)13-11(4,5)6/h7H,12H2,1-6H3,(H,13,16)(H,14,15)/t7-/m1/s1. The molecule has 0 bridgehead atoms. The Morgan fingerprint density at radius 2 is 1.59 bits per heavy atom. The van der Waals surface area contributed by atoms with E-state index in [9.17, 15) is 9.59 Å². The van der Waals surface area contributed by atoms with Crippen LogP contribution in [-0.4, -0.2) is 23.6 Å². The fourth-order valence-electron chi connectivity index (χ4n) is 1.14. The van der Waals surface area contributed by atoms with Gasteiger partial charge in [-0.05, 0) is 20.8 Å². The first-order chi connectivity index (χ1) is 7.47. The summed E-state index contributed by atoms with van der Waals surface area (Å²) in [5.74, 6) is 4.54. The van der Waals surface area contributed by atoms with Crippen molar-refractivity contribution in [2.45, 2.75) is 53.2 Å². The minimum absolute atomic E-state index is 0.418. The van der Waals surface area contributed by atoms with Gasteiger partial charge in [0.2, 0.25) is 0 Å². The first-order valence-electron chi connectivity index (χ1n) is 5.46. The quantitative estimate of drug-likeness (QED) is 0.383. The van der Waals surface area contributed by atoms with Crippen molar-refractivity contribution in [1.29, 1.82) is 0 Å². The highest BCUT2D eigenvalue weighted by atomic mass is 16.6. The van der Waals surface area contributed by atoms with E-state index in [2.05, 4.69) is 5.32 Å².